The van der Waals surface area contributed by atoms with Gasteiger partial charge in [0.25, 0.3) is 0 Å². The topological polar surface area (TPSA) is 15.3 Å². The number of rotatable bonds is 5. The highest BCUT2D eigenvalue weighted by Gasteiger charge is 2.40. The van der Waals surface area contributed by atoms with Crippen molar-refractivity contribution < 1.29 is 4.39 Å². The van der Waals surface area contributed by atoms with Crippen LogP contribution in [0.5, 0.6) is 0 Å². The summed E-state index contributed by atoms with van der Waals surface area (Å²) in [4.78, 5) is 2.62. The average molecular weight is 268 g/mol. The Hall–Kier alpha value is -0.150. The fraction of sp³-hybridized carbons (Fsp3) is 1.00. The predicted molar refractivity (Wildman–Crippen MR) is 77.0 cm³/mol. The van der Waals surface area contributed by atoms with Crippen molar-refractivity contribution in [2.24, 2.45) is 11.8 Å². The molecule has 1 saturated heterocycles. The van der Waals surface area contributed by atoms with Crippen LogP contribution in [0, 0.1) is 11.8 Å². The summed E-state index contributed by atoms with van der Waals surface area (Å²) in [5.74, 6) is 1.78. The highest BCUT2D eigenvalue weighted by Crippen LogP contribution is 2.37. The van der Waals surface area contributed by atoms with Crippen LogP contribution in [0.1, 0.15) is 51.4 Å². The molecule has 0 aromatic rings. The predicted octanol–water partition coefficient (Wildman–Crippen LogP) is 2.98. The van der Waals surface area contributed by atoms with Crippen LogP contribution in [0.4, 0.5) is 4.39 Å². The molecule has 3 rings (SSSR count). The fourth-order valence-corrected chi connectivity index (χ4v) is 4.17. The van der Waals surface area contributed by atoms with E-state index in [0.717, 1.165) is 31.3 Å². The molecule has 2 aliphatic carbocycles. The Morgan fingerprint density at radius 1 is 1.00 bits per heavy atom. The molecule has 1 heterocycles. The van der Waals surface area contributed by atoms with Crippen LogP contribution < -0.4 is 5.32 Å². The van der Waals surface area contributed by atoms with E-state index in [1.807, 2.05) is 0 Å². The number of nitrogens with one attached hydrogen (secondary N) is 1. The molecule has 0 amide bonds. The summed E-state index contributed by atoms with van der Waals surface area (Å²) in [5, 5.41) is 3.83. The van der Waals surface area contributed by atoms with E-state index in [1.165, 1.54) is 51.5 Å². The van der Waals surface area contributed by atoms with Gasteiger partial charge in [-0.3, -0.25) is 9.29 Å². The van der Waals surface area contributed by atoms with Gasteiger partial charge in [0, 0.05) is 31.7 Å². The molecule has 3 fully saturated rings. The Labute approximate surface area is 117 Å². The van der Waals surface area contributed by atoms with Crippen LogP contribution >= 0.6 is 0 Å². The molecular formula is C16H29FN2. The molecule has 3 heteroatoms. The van der Waals surface area contributed by atoms with Gasteiger partial charge in [-0.25, -0.2) is 0 Å². The van der Waals surface area contributed by atoms with Crippen LogP contribution in [0.25, 0.3) is 0 Å². The third kappa shape index (κ3) is 3.49. The van der Waals surface area contributed by atoms with Gasteiger partial charge < -0.3 is 5.32 Å². The molecule has 0 radical (unpaired) electrons. The molecule has 0 aromatic carbocycles. The lowest BCUT2D eigenvalue weighted by Gasteiger charge is -2.44. The van der Waals surface area contributed by atoms with E-state index in [0.29, 0.717) is 12.1 Å². The molecule has 3 aliphatic rings. The van der Waals surface area contributed by atoms with Crippen molar-refractivity contribution in [1.82, 2.24) is 10.2 Å². The average Bonchev–Trinajstić information content (AvgIpc) is 3.30. The second-order valence-electron chi connectivity index (χ2n) is 6.86. The molecule has 2 saturated carbocycles. The number of piperazine rings is 1. The highest BCUT2D eigenvalue weighted by molar-refractivity contribution is 4.96. The number of nitrogens with zero attached hydrogens (tertiary/aromatic N) is 1. The SMILES string of the molecule is FCCCN1CC(C2CCCCC2)NCC1C1CC1. The Morgan fingerprint density at radius 3 is 2.47 bits per heavy atom. The normalized spacial score (nSPS) is 34.6. The van der Waals surface area contributed by atoms with Gasteiger partial charge in [-0.15, -0.1) is 0 Å². The van der Waals surface area contributed by atoms with Gasteiger partial charge in [0.1, 0.15) is 0 Å². The van der Waals surface area contributed by atoms with Crippen LogP contribution in [0.15, 0.2) is 0 Å². The molecule has 0 spiro atoms. The third-order valence-electron chi connectivity index (χ3n) is 5.45. The molecule has 19 heavy (non-hydrogen) atoms. The number of alkyl halides is 1. The largest absolute Gasteiger partial charge is 0.311 e. The van der Waals surface area contributed by atoms with E-state index in [2.05, 4.69) is 10.2 Å². The monoisotopic (exact) mass is 268 g/mol. The second kappa shape index (κ2) is 6.53. The first-order valence-electron chi connectivity index (χ1n) is 8.42. The fourth-order valence-electron chi connectivity index (χ4n) is 4.17. The zero-order valence-corrected chi connectivity index (χ0v) is 12.1. The molecule has 1 N–H and O–H groups in total. The number of halogens is 1. The summed E-state index contributed by atoms with van der Waals surface area (Å²) < 4.78 is 12.5. The Bertz CT molecular complexity index is 274. The van der Waals surface area contributed by atoms with Gasteiger partial charge in [-0.2, -0.15) is 0 Å². The minimum absolute atomic E-state index is 0.157. The lowest BCUT2D eigenvalue weighted by molar-refractivity contribution is 0.0818. The van der Waals surface area contributed by atoms with Crippen molar-refractivity contribution in [2.45, 2.75) is 63.5 Å². The molecule has 2 unspecified atom stereocenters. The molecule has 2 nitrogen and oxygen atoms in total. The van der Waals surface area contributed by atoms with E-state index in [1.54, 1.807) is 0 Å². The maximum Gasteiger partial charge on any atom is 0.0906 e. The lowest BCUT2D eigenvalue weighted by atomic mass is 9.82. The Balaban J connectivity index is 1.56. The first-order chi connectivity index (χ1) is 9.38. The van der Waals surface area contributed by atoms with E-state index in [-0.39, 0.29) is 6.67 Å². The number of hydrogen-bond acceptors (Lipinski definition) is 2. The van der Waals surface area contributed by atoms with Gasteiger partial charge in [0.2, 0.25) is 0 Å². The molecule has 110 valence electrons. The first-order valence-corrected chi connectivity index (χ1v) is 8.42. The molecular weight excluding hydrogens is 239 g/mol. The third-order valence-corrected chi connectivity index (χ3v) is 5.45. The maximum absolute atomic E-state index is 12.5. The van der Waals surface area contributed by atoms with Gasteiger partial charge in [0.15, 0.2) is 0 Å². The zero-order valence-electron chi connectivity index (χ0n) is 12.1. The molecule has 2 atom stereocenters. The van der Waals surface area contributed by atoms with Crippen molar-refractivity contribution in [2.75, 3.05) is 26.3 Å². The maximum atomic E-state index is 12.5. The van der Waals surface area contributed by atoms with E-state index < -0.39 is 0 Å². The van der Waals surface area contributed by atoms with Crippen molar-refractivity contribution in [3.05, 3.63) is 0 Å². The van der Waals surface area contributed by atoms with Crippen molar-refractivity contribution in [3.63, 3.8) is 0 Å². The molecule has 0 aromatic heterocycles. The van der Waals surface area contributed by atoms with E-state index in [4.69, 9.17) is 0 Å². The van der Waals surface area contributed by atoms with E-state index >= 15 is 0 Å². The van der Waals surface area contributed by atoms with Crippen LogP contribution in [0.3, 0.4) is 0 Å². The summed E-state index contributed by atoms with van der Waals surface area (Å²) >= 11 is 0. The van der Waals surface area contributed by atoms with E-state index in [9.17, 15) is 4.39 Å². The van der Waals surface area contributed by atoms with Crippen molar-refractivity contribution >= 4 is 0 Å². The second-order valence-corrected chi connectivity index (χ2v) is 6.86. The minimum Gasteiger partial charge on any atom is -0.311 e. The number of hydrogen-bond donors (Lipinski definition) is 1. The van der Waals surface area contributed by atoms with Crippen LogP contribution in [-0.2, 0) is 0 Å². The summed E-state index contributed by atoms with van der Waals surface area (Å²) in [5.41, 5.74) is 0. The van der Waals surface area contributed by atoms with Crippen LogP contribution in [-0.4, -0.2) is 43.3 Å². The van der Waals surface area contributed by atoms with Gasteiger partial charge in [-0.05, 0) is 43.9 Å². The minimum atomic E-state index is -0.157. The first kappa shape index (κ1) is 13.8. The van der Waals surface area contributed by atoms with Crippen LogP contribution in [0.2, 0.25) is 0 Å². The molecule has 0 bridgehead atoms. The van der Waals surface area contributed by atoms with Gasteiger partial charge >= 0.3 is 0 Å². The lowest BCUT2D eigenvalue weighted by Crippen LogP contribution is -2.59. The summed E-state index contributed by atoms with van der Waals surface area (Å²) in [6.45, 7) is 3.14. The Kier molecular flexibility index (Phi) is 4.75. The summed E-state index contributed by atoms with van der Waals surface area (Å²) in [6.07, 6.45) is 10.6. The van der Waals surface area contributed by atoms with Gasteiger partial charge in [0.05, 0.1) is 6.67 Å². The highest BCUT2D eigenvalue weighted by atomic mass is 19.1. The smallest absolute Gasteiger partial charge is 0.0906 e. The standard InChI is InChI=1S/C16H29FN2/c17-9-4-10-19-12-15(13-5-2-1-3-6-13)18-11-16(19)14-7-8-14/h13-16,18H,1-12H2. The summed E-state index contributed by atoms with van der Waals surface area (Å²) in [7, 11) is 0. The quantitative estimate of drug-likeness (QED) is 0.824. The molecule has 1 aliphatic heterocycles. The van der Waals surface area contributed by atoms with Crippen molar-refractivity contribution in [3.8, 4) is 0 Å². The summed E-state index contributed by atoms with van der Waals surface area (Å²) in [6, 6.07) is 1.38. The Morgan fingerprint density at radius 2 is 1.79 bits per heavy atom. The zero-order chi connectivity index (χ0) is 13.1. The van der Waals surface area contributed by atoms with Gasteiger partial charge in [-0.1, -0.05) is 19.3 Å². The van der Waals surface area contributed by atoms with Crippen molar-refractivity contribution in [1.29, 1.82) is 0 Å².